The van der Waals surface area contributed by atoms with Gasteiger partial charge in [0.15, 0.2) is 5.60 Å². The first-order valence-electron chi connectivity index (χ1n) is 27.7. The van der Waals surface area contributed by atoms with Crippen LogP contribution in [0.25, 0.3) is 22.3 Å². The fraction of sp³-hybridized carbons (Fsp3) is 0.491. The van der Waals surface area contributed by atoms with Gasteiger partial charge in [0.25, 0.3) is 5.56 Å². The number of pyridine rings is 2. The SMILES string of the molecule is CC[C@@]1(O)C(=O)OCc2c1cc1n(c2=O)Cc2cc3c(CCCCOCNC(=O)CNC(=O)[C@H](Cc4ccccc4)NC(=O)CNC(=O)[C@H](CCC(=O)NC[C@H](O)[C@@H](O)[C@H](O)[C@H](O)CO)NC(=O)CN4C(=O)CC(C)C4=O)c(C)c(F)cc3nc2-1. The average molecular weight is 1190 g/mol. The number of aliphatic hydroxyl groups is 6. The Morgan fingerprint density at radius 3 is 2.22 bits per heavy atom. The standard InChI is InChI=1S/C57H70FN9O18/c1-4-57(83)36-19-41-49-32(24-66(41)55(81)35(36)27-85-56(57)82)18-34-33(30(3)37(58)20-39(34)65-49)12-8-9-15-84-28-62-45(72)22-60-53(79)40(17-31-10-6-5-7-11-31)64-46(73)23-61-52(78)38(63-47(74)25-67-48(75)16-29(2)54(67)80)13-14-44(71)59-21-42(69)50(76)51(77)43(70)26-68/h5-7,10-11,18-20,29,38,40,42-43,50-51,68-70,76-77,83H,4,8-9,12-17,21-28H2,1-3H3,(H,59,71)(H,60,79)(H,61,78)(H,62,72)(H,63,74)(H,64,73)/t29?,38-,40-,42-,43+,50+,51+,57-/m0/s1. The second kappa shape index (κ2) is 28.6. The third kappa shape index (κ3) is 15.4. The Hall–Kier alpha value is -8.12. The molecule has 8 amide bonds. The molecule has 0 aliphatic carbocycles. The predicted molar refractivity (Wildman–Crippen MR) is 295 cm³/mol. The zero-order chi connectivity index (χ0) is 61.9. The summed E-state index contributed by atoms with van der Waals surface area (Å²) in [5.74, 6) is -8.33. The van der Waals surface area contributed by atoms with Gasteiger partial charge in [-0.1, -0.05) is 44.2 Å². The molecule has 0 bridgehead atoms. The van der Waals surface area contributed by atoms with Crippen LogP contribution >= 0.6 is 0 Å². The van der Waals surface area contributed by atoms with E-state index in [0.29, 0.717) is 68.7 Å². The van der Waals surface area contributed by atoms with E-state index in [1.54, 1.807) is 50.2 Å². The number of amides is 8. The van der Waals surface area contributed by atoms with E-state index in [2.05, 4.69) is 31.9 Å². The number of likely N-dealkylation sites (tertiary alicyclic amines) is 1. The van der Waals surface area contributed by atoms with Gasteiger partial charge < -0.3 is 76.6 Å². The molecule has 3 aliphatic rings. The maximum absolute atomic E-state index is 15.4. The zero-order valence-electron chi connectivity index (χ0n) is 47.0. The number of esters is 1. The van der Waals surface area contributed by atoms with Crippen molar-refractivity contribution in [2.24, 2.45) is 5.92 Å². The molecule has 0 saturated carbocycles. The summed E-state index contributed by atoms with van der Waals surface area (Å²) in [5, 5.41) is 75.1. The van der Waals surface area contributed by atoms with E-state index in [-0.39, 0.29) is 56.9 Å². The quantitative estimate of drug-likeness (QED) is 0.00990. The first kappa shape index (κ1) is 64.4. The van der Waals surface area contributed by atoms with Gasteiger partial charge in [0.1, 0.15) is 56.1 Å². The number of unbranched alkanes of at least 4 members (excludes halogenated alkanes) is 1. The van der Waals surface area contributed by atoms with Crippen molar-refractivity contribution in [1.82, 2.24) is 46.4 Å². The minimum atomic E-state index is -2.00. The van der Waals surface area contributed by atoms with Crippen LogP contribution in [0.5, 0.6) is 0 Å². The number of nitrogens with one attached hydrogen (secondary N) is 6. The number of halogens is 1. The van der Waals surface area contributed by atoms with Crippen molar-refractivity contribution < 1.29 is 87.7 Å². The number of imide groups is 1. The fourth-order valence-corrected chi connectivity index (χ4v) is 10.2. The summed E-state index contributed by atoms with van der Waals surface area (Å²) in [6, 6.07) is 10.5. The molecule has 0 spiro atoms. The first-order valence-corrected chi connectivity index (χ1v) is 27.7. The number of fused-ring (bicyclic) bond motifs is 5. The van der Waals surface area contributed by atoms with Crippen LogP contribution in [0, 0.1) is 18.7 Å². The summed E-state index contributed by atoms with van der Waals surface area (Å²) in [6.07, 6.45) is -7.26. The van der Waals surface area contributed by atoms with Crippen LogP contribution < -0.4 is 37.5 Å². The predicted octanol–water partition coefficient (Wildman–Crippen LogP) is -2.89. The minimum absolute atomic E-state index is 0.0149. The number of carbonyl (C=O) groups excluding carboxylic acids is 9. The van der Waals surface area contributed by atoms with Gasteiger partial charge in [-0.05, 0) is 67.9 Å². The van der Waals surface area contributed by atoms with Crippen LogP contribution in [-0.2, 0) is 84.2 Å². The molecule has 1 saturated heterocycles. The number of aryl methyl sites for hydroxylation is 1. The van der Waals surface area contributed by atoms with Crippen LogP contribution in [-0.4, -0.2) is 181 Å². The number of cyclic esters (lactones) is 1. The summed E-state index contributed by atoms with van der Waals surface area (Å²) < 4.78 is 27.7. The zero-order valence-corrected chi connectivity index (χ0v) is 47.0. The van der Waals surface area contributed by atoms with E-state index in [1.807, 2.05) is 6.07 Å². The largest absolute Gasteiger partial charge is 0.458 e. The lowest BCUT2D eigenvalue weighted by Gasteiger charge is -2.31. The molecule has 12 N–H and O–H groups in total. The minimum Gasteiger partial charge on any atom is -0.458 e. The number of ether oxygens (including phenoxy) is 2. The molecule has 1 fully saturated rings. The summed E-state index contributed by atoms with van der Waals surface area (Å²) in [7, 11) is 0. The average Bonchev–Trinajstić information content (AvgIpc) is 1.94. The normalized spacial score (nSPS) is 18.2. The topological polar surface area (TPSA) is 404 Å². The molecule has 7 rings (SSSR count). The molecule has 85 heavy (non-hydrogen) atoms. The fourth-order valence-electron chi connectivity index (χ4n) is 10.2. The Morgan fingerprint density at radius 2 is 1.54 bits per heavy atom. The van der Waals surface area contributed by atoms with E-state index >= 15 is 4.39 Å². The summed E-state index contributed by atoms with van der Waals surface area (Å²) in [5.41, 5.74) is 1.62. The van der Waals surface area contributed by atoms with Gasteiger partial charge in [-0.15, -0.1) is 0 Å². The molecule has 458 valence electrons. The van der Waals surface area contributed by atoms with Crippen molar-refractivity contribution in [3.63, 3.8) is 0 Å². The van der Waals surface area contributed by atoms with Crippen molar-refractivity contribution in [2.75, 3.05) is 46.1 Å². The molecular formula is C57H70FN9O18. The van der Waals surface area contributed by atoms with Crippen molar-refractivity contribution in [3.8, 4) is 11.4 Å². The number of hydrogen-bond donors (Lipinski definition) is 12. The van der Waals surface area contributed by atoms with Crippen molar-refractivity contribution in [2.45, 2.75) is 127 Å². The highest BCUT2D eigenvalue weighted by Gasteiger charge is 2.46. The second-order valence-electron chi connectivity index (χ2n) is 21.2. The van der Waals surface area contributed by atoms with Crippen LogP contribution in [0.4, 0.5) is 4.39 Å². The number of aromatic nitrogens is 2. The van der Waals surface area contributed by atoms with Gasteiger partial charge in [0, 0.05) is 60.9 Å². The Bertz CT molecular complexity index is 3270. The Kier molecular flexibility index (Phi) is 21.7. The van der Waals surface area contributed by atoms with Gasteiger partial charge in [-0.3, -0.25) is 48.1 Å². The molecule has 27 nitrogen and oxygen atoms in total. The molecule has 8 atom stereocenters. The smallest absolute Gasteiger partial charge is 0.343 e. The van der Waals surface area contributed by atoms with E-state index in [9.17, 15) is 73.5 Å². The molecular weight excluding hydrogens is 1120 g/mol. The molecule has 1 unspecified atom stereocenters. The summed E-state index contributed by atoms with van der Waals surface area (Å²) >= 11 is 0. The van der Waals surface area contributed by atoms with E-state index in [0.717, 1.165) is 0 Å². The molecule has 0 radical (unpaired) electrons. The number of aliphatic hydroxyl groups excluding tert-OH is 5. The van der Waals surface area contributed by atoms with Crippen LogP contribution in [0.3, 0.4) is 0 Å². The third-order valence-corrected chi connectivity index (χ3v) is 15.2. The molecule has 28 heteroatoms. The molecule has 4 aromatic rings. The third-order valence-electron chi connectivity index (χ3n) is 15.2. The number of rotatable bonds is 29. The lowest BCUT2D eigenvalue weighted by molar-refractivity contribution is -0.172. The number of benzene rings is 2. The van der Waals surface area contributed by atoms with Gasteiger partial charge in [0.2, 0.25) is 47.3 Å². The maximum Gasteiger partial charge on any atom is 0.343 e. The van der Waals surface area contributed by atoms with Crippen molar-refractivity contribution in [1.29, 1.82) is 0 Å². The highest BCUT2D eigenvalue weighted by Crippen LogP contribution is 2.39. The lowest BCUT2D eigenvalue weighted by Crippen LogP contribution is -2.54. The molecule has 2 aromatic heterocycles. The number of carbonyl (C=O) groups is 9. The van der Waals surface area contributed by atoms with E-state index in [4.69, 9.17) is 19.6 Å². The van der Waals surface area contributed by atoms with Gasteiger partial charge >= 0.3 is 5.97 Å². The van der Waals surface area contributed by atoms with E-state index < -0.39 is 158 Å². The lowest BCUT2D eigenvalue weighted by atomic mass is 9.86. The Balaban J connectivity index is 0.884. The van der Waals surface area contributed by atoms with Crippen molar-refractivity contribution >= 4 is 64.1 Å². The second-order valence-corrected chi connectivity index (χ2v) is 21.2. The molecule has 2 aromatic carbocycles. The molecule has 5 heterocycles. The Morgan fingerprint density at radius 1 is 0.859 bits per heavy atom. The van der Waals surface area contributed by atoms with Crippen LogP contribution in [0.1, 0.15) is 85.8 Å². The number of nitrogens with zero attached hydrogens (tertiary/aromatic N) is 3. The van der Waals surface area contributed by atoms with Gasteiger partial charge in [-0.2, -0.15) is 0 Å². The first-order chi connectivity index (χ1) is 40.4. The maximum atomic E-state index is 15.4. The molecule has 3 aliphatic heterocycles. The van der Waals surface area contributed by atoms with Gasteiger partial charge in [-0.25, -0.2) is 14.2 Å². The summed E-state index contributed by atoms with van der Waals surface area (Å²) in [6.45, 7) is 0.999. The number of hydrogen-bond acceptors (Lipinski definition) is 19. The van der Waals surface area contributed by atoms with Crippen molar-refractivity contribution in [3.05, 3.63) is 98.1 Å². The monoisotopic (exact) mass is 1190 g/mol. The van der Waals surface area contributed by atoms with Crippen LogP contribution in [0.2, 0.25) is 0 Å². The van der Waals surface area contributed by atoms with E-state index in [1.165, 1.54) is 17.6 Å². The van der Waals surface area contributed by atoms with Gasteiger partial charge in [0.05, 0.1) is 54.8 Å². The Labute approximate surface area is 485 Å². The van der Waals surface area contributed by atoms with Crippen LogP contribution in [0.15, 0.2) is 53.3 Å². The highest BCUT2D eigenvalue weighted by molar-refractivity contribution is 6.06. The summed E-state index contributed by atoms with van der Waals surface area (Å²) in [4.78, 5) is 136. The highest BCUT2D eigenvalue weighted by atomic mass is 19.1.